The summed E-state index contributed by atoms with van der Waals surface area (Å²) >= 11 is 0. The van der Waals surface area contributed by atoms with E-state index in [0.717, 1.165) is 4.90 Å². The van der Waals surface area contributed by atoms with Crippen LogP contribution in [0.15, 0.2) is 0 Å². The summed E-state index contributed by atoms with van der Waals surface area (Å²) in [6.07, 6.45) is 0. The molecule has 2 N–H and O–H groups in total. The summed E-state index contributed by atoms with van der Waals surface area (Å²) in [6, 6.07) is -0.603. The van der Waals surface area contributed by atoms with Crippen molar-refractivity contribution in [1.82, 2.24) is 4.90 Å². The molecule has 1 atom stereocenters. The number of nitrogens with zero attached hydrogens (tertiary/aromatic N) is 1. The Bertz CT molecular complexity index is 154. The molecule has 0 radical (unpaired) electrons. The maximum atomic E-state index is 10.9. The predicted molar refractivity (Wildman–Crippen MR) is 37.1 cm³/mol. The van der Waals surface area contributed by atoms with Gasteiger partial charge >= 0.3 is 0 Å². The van der Waals surface area contributed by atoms with Gasteiger partial charge in [0.2, 0.25) is 11.8 Å². The summed E-state index contributed by atoms with van der Waals surface area (Å²) in [4.78, 5) is 22.4. The number of rotatable bonds is 1. The van der Waals surface area contributed by atoms with Gasteiger partial charge in [0.1, 0.15) is 0 Å². The van der Waals surface area contributed by atoms with Crippen LogP contribution in [0.3, 0.4) is 0 Å². The van der Waals surface area contributed by atoms with E-state index in [1.165, 1.54) is 14.0 Å². The van der Waals surface area contributed by atoms with Gasteiger partial charge in [-0.3, -0.25) is 14.5 Å². The number of imide groups is 1. The smallest absolute Gasteiger partial charge is 0.245 e. The molecule has 0 aromatic heterocycles. The summed E-state index contributed by atoms with van der Waals surface area (Å²) in [6.45, 7) is 2.86. The van der Waals surface area contributed by atoms with Crippen LogP contribution in [0.25, 0.3) is 0 Å². The third-order valence-electron chi connectivity index (χ3n) is 1.19. The lowest BCUT2D eigenvalue weighted by Crippen LogP contribution is -2.41. The largest absolute Gasteiger partial charge is 0.320 e. The first-order chi connectivity index (χ1) is 4.46. The summed E-state index contributed by atoms with van der Waals surface area (Å²) in [5, 5.41) is 0. The lowest BCUT2D eigenvalue weighted by molar-refractivity contribution is -0.142. The van der Waals surface area contributed by atoms with Crippen molar-refractivity contribution in [2.75, 3.05) is 7.05 Å². The molecule has 4 nitrogen and oxygen atoms in total. The van der Waals surface area contributed by atoms with Gasteiger partial charge in [-0.1, -0.05) is 0 Å². The van der Waals surface area contributed by atoms with Crippen molar-refractivity contribution in [2.24, 2.45) is 5.73 Å². The molecule has 0 saturated heterocycles. The predicted octanol–water partition coefficient (Wildman–Crippen LogP) is -0.661. The quantitative estimate of drug-likeness (QED) is 0.531. The number of hydrogen-bond donors (Lipinski definition) is 1. The van der Waals surface area contributed by atoms with Crippen LogP contribution in [0.4, 0.5) is 0 Å². The molecule has 0 aromatic rings. The van der Waals surface area contributed by atoms with Crippen LogP contribution in [0.1, 0.15) is 13.8 Å². The average molecular weight is 144 g/mol. The van der Waals surface area contributed by atoms with Gasteiger partial charge in [0.25, 0.3) is 0 Å². The van der Waals surface area contributed by atoms with E-state index >= 15 is 0 Å². The molecule has 10 heavy (non-hydrogen) atoms. The number of nitrogens with two attached hydrogens (primary N) is 1. The number of amides is 2. The van der Waals surface area contributed by atoms with Crippen molar-refractivity contribution in [1.29, 1.82) is 0 Å². The highest BCUT2D eigenvalue weighted by molar-refractivity contribution is 5.96. The van der Waals surface area contributed by atoms with Crippen LogP contribution < -0.4 is 5.73 Å². The van der Waals surface area contributed by atoms with E-state index < -0.39 is 6.04 Å². The SMILES string of the molecule is CC(=O)N(C)C(=O)C(C)N. The zero-order valence-corrected chi connectivity index (χ0v) is 6.42. The Labute approximate surface area is 60.0 Å². The molecule has 0 spiro atoms. The van der Waals surface area contributed by atoms with E-state index in [1.54, 1.807) is 6.92 Å². The molecule has 0 rings (SSSR count). The highest BCUT2D eigenvalue weighted by Crippen LogP contribution is 1.88. The van der Waals surface area contributed by atoms with Crippen molar-refractivity contribution in [3.05, 3.63) is 0 Å². The molecule has 1 unspecified atom stereocenters. The Hall–Kier alpha value is -0.900. The minimum atomic E-state index is -0.603. The van der Waals surface area contributed by atoms with Crippen LogP contribution in [-0.4, -0.2) is 29.8 Å². The molecule has 0 bridgehead atoms. The van der Waals surface area contributed by atoms with Gasteiger partial charge < -0.3 is 5.73 Å². The van der Waals surface area contributed by atoms with Crippen molar-refractivity contribution in [2.45, 2.75) is 19.9 Å². The number of carbonyl (C=O) groups is 2. The minimum absolute atomic E-state index is 0.290. The number of carbonyl (C=O) groups excluding carboxylic acids is 2. The summed E-state index contributed by atoms with van der Waals surface area (Å²) < 4.78 is 0. The molecule has 0 aliphatic carbocycles. The molecular weight excluding hydrogens is 132 g/mol. The van der Waals surface area contributed by atoms with E-state index in [-0.39, 0.29) is 11.8 Å². The number of hydrogen-bond acceptors (Lipinski definition) is 3. The lowest BCUT2D eigenvalue weighted by Gasteiger charge is -2.14. The van der Waals surface area contributed by atoms with Gasteiger partial charge in [-0.2, -0.15) is 0 Å². The third kappa shape index (κ3) is 2.14. The van der Waals surface area contributed by atoms with Crippen molar-refractivity contribution < 1.29 is 9.59 Å². The first kappa shape index (κ1) is 9.10. The Morgan fingerprint density at radius 2 is 1.90 bits per heavy atom. The first-order valence-corrected chi connectivity index (χ1v) is 3.00. The Balaban J connectivity index is 4.08. The summed E-state index contributed by atoms with van der Waals surface area (Å²) in [7, 11) is 1.41. The fraction of sp³-hybridized carbons (Fsp3) is 0.667. The normalized spacial score (nSPS) is 12.4. The summed E-state index contributed by atoms with van der Waals surface area (Å²) in [5.41, 5.74) is 5.23. The van der Waals surface area contributed by atoms with Crippen LogP contribution >= 0.6 is 0 Å². The van der Waals surface area contributed by atoms with E-state index in [4.69, 9.17) is 5.73 Å². The molecule has 0 aliphatic rings. The minimum Gasteiger partial charge on any atom is -0.320 e. The fourth-order valence-corrected chi connectivity index (χ4v) is 0.461. The fourth-order valence-electron chi connectivity index (χ4n) is 0.461. The first-order valence-electron chi connectivity index (χ1n) is 3.00. The zero-order valence-electron chi connectivity index (χ0n) is 6.42. The second kappa shape index (κ2) is 3.31. The summed E-state index contributed by atoms with van der Waals surface area (Å²) in [5.74, 6) is -0.644. The molecule has 58 valence electrons. The molecule has 0 fully saturated rings. The lowest BCUT2D eigenvalue weighted by atomic mass is 10.3. The van der Waals surface area contributed by atoms with Gasteiger partial charge in [0.05, 0.1) is 6.04 Å². The molecular formula is C6H12N2O2. The van der Waals surface area contributed by atoms with Gasteiger partial charge in [0.15, 0.2) is 0 Å². The van der Waals surface area contributed by atoms with Crippen LogP contribution in [0, 0.1) is 0 Å². The molecule has 2 amide bonds. The molecule has 0 aromatic carbocycles. The topological polar surface area (TPSA) is 63.4 Å². The van der Waals surface area contributed by atoms with Gasteiger partial charge in [0, 0.05) is 14.0 Å². The van der Waals surface area contributed by atoms with E-state index in [1.807, 2.05) is 0 Å². The van der Waals surface area contributed by atoms with Crippen molar-refractivity contribution in [3.63, 3.8) is 0 Å². The van der Waals surface area contributed by atoms with Crippen LogP contribution in [0.2, 0.25) is 0 Å². The highest BCUT2D eigenvalue weighted by Gasteiger charge is 2.15. The van der Waals surface area contributed by atoms with E-state index in [9.17, 15) is 9.59 Å². The number of likely N-dealkylation sites (N-methyl/N-ethyl adjacent to an activating group) is 1. The molecule has 0 saturated carbocycles. The Kier molecular flexibility index (Phi) is 3.02. The van der Waals surface area contributed by atoms with Gasteiger partial charge in [-0.25, -0.2) is 0 Å². The maximum Gasteiger partial charge on any atom is 0.245 e. The zero-order chi connectivity index (χ0) is 8.31. The van der Waals surface area contributed by atoms with Crippen molar-refractivity contribution >= 4 is 11.8 Å². The van der Waals surface area contributed by atoms with Crippen molar-refractivity contribution in [3.8, 4) is 0 Å². The Morgan fingerprint density at radius 1 is 1.50 bits per heavy atom. The second-order valence-electron chi connectivity index (χ2n) is 2.20. The van der Waals surface area contributed by atoms with E-state index in [2.05, 4.69) is 0 Å². The highest BCUT2D eigenvalue weighted by atomic mass is 16.2. The molecule has 0 heterocycles. The van der Waals surface area contributed by atoms with Gasteiger partial charge in [-0.15, -0.1) is 0 Å². The maximum absolute atomic E-state index is 10.9. The molecule has 0 aliphatic heterocycles. The van der Waals surface area contributed by atoms with Crippen LogP contribution in [-0.2, 0) is 9.59 Å². The van der Waals surface area contributed by atoms with E-state index in [0.29, 0.717) is 0 Å². The third-order valence-corrected chi connectivity index (χ3v) is 1.19. The average Bonchev–Trinajstić information content (AvgIpc) is 1.84. The standard InChI is InChI=1S/C6H12N2O2/c1-4(7)6(10)8(3)5(2)9/h4H,7H2,1-3H3. The molecule has 4 heteroatoms. The van der Waals surface area contributed by atoms with Gasteiger partial charge in [-0.05, 0) is 6.92 Å². The van der Waals surface area contributed by atoms with Crippen LogP contribution in [0.5, 0.6) is 0 Å². The Morgan fingerprint density at radius 3 is 2.00 bits per heavy atom. The monoisotopic (exact) mass is 144 g/mol. The second-order valence-corrected chi connectivity index (χ2v) is 2.20.